The molecule has 0 radical (unpaired) electrons. The lowest BCUT2D eigenvalue weighted by atomic mass is 10.1. The van der Waals surface area contributed by atoms with Crippen LogP contribution in [0.2, 0.25) is 0 Å². The molecule has 3 heteroatoms. The summed E-state index contributed by atoms with van der Waals surface area (Å²) in [5.41, 5.74) is 6.28. The van der Waals surface area contributed by atoms with Crippen LogP contribution in [0.1, 0.15) is 31.7 Å². The minimum Gasteiger partial charge on any atom is -0.330 e. The first kappa shape index (κ1) is 13.5. The summed E-state index contributed by atoms with van der Waals surface area (Å²) in [5, 5.41) is 0. The summed E-state index contributed by atoms with van der Waals surface area (Å²) >= 11 is 1.75. The summed E-state index contributed by atoms with van der Waals surface area (Å²) < 4.78 is 13.5. The minimum absolute atomic E-state index is 0.119. The highest BCUT2D eigenvalue weighted by Gasteiger charge is 2.07. The van der Waals surface area contributed by atoms with Crippen LogP contribution >= 0.6 is 11.8 Å². The molecule has 0 unspecified atom stereocenters. The number of halogens is 1. The highest BCUT2D eigenvalue weighted by Crippen LogP contribution is 2.26. The molecule has 16 heavy (non-hydrogen) atoms. The Bertz CT molecular complexity index is 315. The van der Waals surface area contributed by atoms with Gasteiger partial charge in [0.2, 0.25) is 0 Å². The van der Waals surface area contributed by atoms with Gasteiger partial charge in [0.05, 0.1) is 0 Å². The molecule has 0 aliphatic rings. The highest BCUT2D eigenvalue weighted by atomic mass is 32.2. The van der Waals surface area contributed by atoms with Crippen LogP contribution < -0.4 is 5.73 Å². The summed E-state index contributed by atoms with van der Waals surface area (Å²) in [4.78, 5) is 1.06. The van der Waals surface area contributed by atoms with E-state index in [2.05, 4.69) is 6.92 Å². The van der Waals surface area contributed by atoms with Gasteiger partial charge >= 0.3 is 0 Å². The second-order valence-electron chi connectivity index (χ2n) is 3.81. The van der Waals surface area contributed by atoms with Gasteiger partial charge in [0.15, 0.2) is 0 Å². The van der Waals surface area contributed by atoms with Crippen LogP contribution in [0.25, 0.3) is 0 Å². The van der Waals surface area contributed by atoms with Crippen molar-refractivity contribution in [2.75, 3.05) is 12.3 Å². The van der Waals surface area contributed by atoms with Crippen molar-refractivity contribution in [1.29, 1.82) is 0 Å². The van der Waals surface area contributed by atoms with Gasteiger partial charge in [-0.2, -0.15) is 0 Å². The molecular weight excluding hydrogens is 221 g/mol. The van der Waals surface area contributed by atoms with Gasteiger partial charge in [0.25, 0.3) is 0 Å². The van der Waals surface area contributed by atoms with E-state index in [9.17, 15) is 4.39 Å². The summed E-state index contributed by atoms with van der Waals surface area (Å²) in [5.74, 6) is 0.945. The van der Waals surface area contributed by atoms with E-state index in [0.29, 0.717) is 13.0 Å². The predicted molar refractivity (Wildman–Crippen MR) is 69.4 cm³/mol. The quantitative estimate of drug-likeness (QED) is 0.583. The largest absolute Gasteiger partial charge is 0.330 e. The Balaban J connectivity index is 2.59. The van der Waals surface area contributed by atoms with Gasteiger partial charge in [-0.1, -0.05) is 25.8 Å². The monoisotopic (exact) mass is 241 g/mol. The lowest BCUT2D eigenvalue weighted by molar-refractivity contribution is 0.603. The molecule has 0 bridgehead atoms. The molecular formula is C13H20FNS. The van der Waals surface area contributed by atoms with Crippen LogP contribution in [0.4, 0.5) is 4.39 Å². The van der Waals surface area contributed by atoms with Gasteiger partial charge in [0.1, 0.15) is 5.82 Å². The maximum Gasteiger partial charge on any atom is 0.127 e. The lowest BCUT2D eigenvalue weighted by Gasteiger charge is -2.09. The zero-order valence-corrected chi connectivity index (χ0v) is 10.7. The molecule has 90 valence electrons. The van der Waals surface area contributed by atoms with Gasteiger partial charge < -0.3 is 5.73 Å². The molecule has 0 amide bonds. The second-order valence-corrected chi connectivity index (χ2v) is 4.95. The third kappa shape index (κ3) is 4.14. The normalized spacial score (nSPS) is 10.7. The van der Waals surface area contributed by atoms with E-state index in [1.54, 1.807) is 17.8 Å². The molecule has 1 aromatic carbocycles. The van der Waals surface area contributed by atoms with E-state index in [4.69, 9.17) is 5.73 Å². The standard InChI is InChI=1S/C13H20FNS/c1-2-3-4-10-16-13-7-5-6-12(14)11(13)8-9-15/h5-7H,2-4,8-10,15H2,1H3. The molecule has 1 nitrogen and oxygen atoms in total. The second kappa shape index (κ2) is 7.69. The van der Waals surface area contributed by atoms with Gasteiger partial charge in [-0.3, -0.25) is 0 Å². The number of benzene rings is 1. The van der Waals surface area contributed by atoms with Crippen molar-refractivity contribution in [2.24, 2.45) is 5.73 Å². The molecule has 2 N–H and O–H groups in total. The first-order valence-electron chi connectivity index (χ1n) is 5.89. The SMILES string of the molecule is CCCCCSc1cccc(F)c1CCN. The van der Waals surface area contributed by atoms with E-state index in [1.807, 2.05) is 6.07 Å². The predicted octanol–water partition coefficient (Wildman–Crippen LogP) is 3.61. The topological polar surface area (TPSA) is 26.0 Å². The minimum atomic E-state index is -0.119. The third-order valence-electron chi connectivity index (χ3n) is 2.48. The smallest absolute Gasteiger partial charge is 0.127 e. The maximum absolute atomic E-state index is 13.5. The first-order valence-corrected chi connectivity index (χ1v) is 6.88. The molecule has 1 aromatic rings. The Morgan fingerprint density at radius 2 is 2.12 bits per heavy atom. The van der Waals surface area contributed by atoms with E-state index in [1.165, 1.54) is 25.3 Å². The molecule has 0 saturated carbocycles. The fraction of sp³-hybridized carbons (Fsp3) is 0.538. The van der Waals surface area contributed by atoms with E-state index in [-0.39, 0.29) is 5.82 Å². The molecule has 0 saturated heterocycles. The van der Waals surface area contributed by atoms with Crippen molar-refractivity contribution in [3.05, 3.63) is 29.6 Å². The van der Waals surface area contributed by atoms with Crippen molar-refractivity contribution >= 4 is 11.8 Å². The molecule has 0 spiro atoms. The summed E-state index contributed by atoms with van der Waals surface area (Å²) in [6.45, 7) is 2.69. The van der Waals surface area contributed by atoms with Gasteiger partial charge in [-0.25, -0.2) is 4.39 Å². The fourth-order valence-corrected chi connectivity index (χ4v) is 2.71. The Labute approximate surface area is 102 Å². The van der Waals surface area contributed by atoms with Gasteiger partial charge in [-0.05, 0) is 37.3 Å². The number of rotatable bonds is 7. The molecule has 0 aliphatic heterocycles. The Kier molecular flexibility index (Phi) is 6.50. The van der Waals surface area contributed by atoms with Crippen molar-refractivity contribution < 1.29 is 4.39 Å². The number of hydrogen-bond acceptors (Lipinski definition) is 2. The van der Waals surface area contributed by atoms with Crippen LogP contribution in [0.5, 0.6) is 0 Å². The van der Waals surface area contributed by atoms with Crippen molar-refractivity contribution in [3.63, 3.8) is 0 Å². The first-order chi connectivity index (χ1) is 7.79. The number of thioether (sulfide) groups is 1. The molecule has 0 aliphatic carbocycles. The zero-order chi connectivity index (χ0) is 11.8. The molecule has 0 heterocycles. The van der Waals surface area contributed by atoms with E-state index >= 15 is 0 Å². The van der Waals surface area contributed by atoms with Crippen LogP contribution in [0, 0.1) is 5.82 Å². The van der Waals surface area contributed by atoms with Crippen molar-refractivity contribution in [3.8, 4) is 0 Å². The Morgan fingerprint density at radius 3 is 2.81 bits per heavy atom. The van der Waals surface area contributed by atoms with Crippen LogP contribution in [-0.2, 0) is 6.42 Å². The van der Waals surface area contributed by atoms with Crippen molar-refractivity contribution in [2.45, 2.75) is 37.5 Å². The highest BCUT2D eigenvalue weighted by molar-refractivity contribution is 7.99. The lowest BCUT2D eigenvalue weighted by Crippen LogP contribution is -2.05. The Hall–Kier alpha value is -0.540. The molecule has 1 rings (SSSR count). The third-order valence-corrected chi connectivity index (χ3v) is 3.66. The molecule has 0 atom stereocenters. The van der Waals surface area contributed by atoms with Crippen LogP contribution in [-0.4, -0.2) is 12.3 Å². The average molecular weight is 241 g/mol. The van der Waals surface area contributed by atoms with E-state index < -0.39 is 0 Å². The summed E-state index contributed by atoms with van der Waals surface area (Å²) in [6, 6.07) is 5.28. The average Bonchev–Trinajstić information content (AvgIpc) is 2.29. The maximum atomic E-state index is 13.5. The number of hydrogen-bond donors (Lipinski definition) is 1. The van der Waals surface area contributed by atoms with Gasteiger partial charge in [0, 0.05) is 10.5 Å². The zero-order valence-electron chi connectivity index (χ0n) is 9.84. The number of unbranched alkanes of at least 4 members (excludes halogenated alkanes) is 2. The van der Waals surface area contributed by atoms with Crippen molar-refractivity contribution in [1.82, 2.24) is 0 Å². The molecule has 0 aromatic heterocycles. The Morgan fingerprint density at radius 1 is 1.31 bits per heavy atom. The van der Waals surface area contributed by atoms with Gasteiger partial charge in [-0.15, -0.1) is 11.8 Å². The fourth-order valence-electron chi connectivity index (χ4n) is 1.60. The number of nitrogens with two attached hydrogens (primary N) is 1. The van der Waals surface area contributed by atoms with E-state index in [0.717, 1.165) is 16.2 Å². The summed E-state index contributed by atoms with van der Waals surface area (Å²) in [6.07, 6.45) is 4.29. The molecule has 0 fully saturated rings. The van der Waals surface area contributed by atoms with Crippen LogP contribution in [0.15, 0.2) is 23.1 Å². The van der Waals surface area contributed by atoms with Crippen LogP contribution in [0.3, 0.4) is 0 Å². The summed E-state index contributed by atoms with van der Waals surface area (Å²) in [7, 11) is 0.